The third kappa shape index (κ3) is 4.05. The zero-order valence-corrected chi connectivity index (χ0v) is 13.6. The monoisotopic (exact) mass is 327 g/mol. The molecule has 6 heteroatoms. The zero-order valence-electron chi connectivity index (χ0n) is 12.9. The van der Waals surface area contributed by atoms with Crippen molar-refractivity contribution in [3.63, 3.8) is 0 Å². The summed E-state index contributed by atoms with van der Waals surface area (Å²) in [5, 5.41) is 7.75. The van der Waals surface area contributed by atoms with Crippen LogP contribution >= 0.6 is 11.6 Å². The van der Waals surface area contributed by atoms with E-state index in [1.54, 1.807) is 24.3 Å². The van der Waals surface area contributed by atoms with E-state index in [-0.39, 0.29) is 6.04 Å². The second kappa shape index (κ2) is 7.20. The molecule has 0 bridgehead atoms. The number of alkyl halides is 2. The molecule has 2 aromatic rings. The van der Waals surface area contributed by atoms with Gasteiger partial charge >= 0.3 is 0 Å². The number of hydrogen-bond acceptors (Lipinski definition) is 2. The maximum Gasteiger partial charge on any atom is 0.257 e. The first-order valence-corrected chi connectivity index (χ1v) is 7.58. The highest BCUT2D eigenvalue weighted by Crippen LogP contribution is 2.24. The van der Waals surface area contributed by atoms with Crippen LogP contribution in [0, 0.1) is 6.92 Å². The average Bonchev–Trinajstić information content (AvgIpc) is 2.80. The lowest BCUT2D eigenvalue weighted by atomic mass is 10.1. The highest BCUT2D eigenvalue weighted by atomic mass is 35.5. The van der Waals surface area contributed by atoms with Crippen LogP contribution in [0.1, 0.15) is 42.8 Å². The Morgan fingerprint density at radius 1 is 1.32 bits per heavy atom. The number of nitrogens with one attached hydrogen (secondary N) is 1. The van der Waals surface area contributed by atoms with Gasteiger partial charge in [-0.05, 0) is 38.5 Å². The fourth-order valence-electron chi connectivity index (χ4n) is 2.23. The lowest BCUT2D eigenvalue weighted by molar-refractivity contribution is 0.0974. The molecule has 2 rings (SSSR count). The predicted octanol–water partition coefficient (Wildman–Crippen LogP) is 4.52. The zero-order chi connectivity index (χ0) is 16.3. The first kappa shape index (κ1) is 16.9. The quantitative estimate of drug-likeness (QED) is 0.845. The second-order valence-electron chi connectivity index (χ2n) is 5.56. The molecule has 1 heterocycles. The Labute approximate surface area is 134 Å². The van der Waals surface area contributed by atoms with Gasteiger partial charge in [0.25, 0.3) is 6.43 Å². The molecule has 1 unspecified atom stereocenters. The second-order valence-corrected chi connectivity index (χ2v) is 6.00. The van der Waals surface area contributed by atoms with Crippen LogP contribution in [0.2, 0.25) is 5.02 Å². The molecule has 0 saturated carbocycles. The first-order valence-electron chi connectivity index (χ1n) is 7.20. The molecule has 3 nitrogen and oxygen atoms in total. The Hall–Kier alpha value is -1.46. The van der Waals surface area contributed by atoms with E-state index in [4.69, 9.17) is 11.6 Å². The van der Waals surface area contributed by atoms with Crippen molar-refractivity contribution < 1.29 is 8.78 Å². The molecule has 1 aromatic heterocycles. The fourth-order valence-corrected chi connectivity index (χ4v) is 2.43. The molecule has 1 atom stereocenters. The Morgan fingerprint density at radius 3 is 2.59 bits per heavy atom. The highest BCUT2D eigenvalue weighted by molar-refractivity contribution is 6.30. The maximum absolute atomic E-state index is 13.3. The van der Waals surface area contributed by atoms with E-state index in [0.29, 0.717) is 17.1 Å². The largest absolute Gasteiger partial charge is 0.301 e. The van der Waals surface area contributed by atoms with E-state index in [0.717, 1.165) is 11.3 Å². The first-order chi connectivity index (χ1) is 10.4. The summed E-state index contributed by atoms with van der Waals surface area (Å²) in [6.45, 7) is 6.27. The molecule has 22 heavy (non-hydrogen) atoms. The molecule has 120 valence electrons. The van der Waals surface area contributed by atoms with Crippen LogP contribution < -0.4 is 5.32 Å². The predicted molar refractivity (Wildman–Crippen MR) is 84.4 cm³/mol. The van der Waals surface area contributed by atoms with Crippen LogP contribution in [0.3, 0.4) is 0 Å². The Morgan fingerprint density at radius 2 is 2.05 bits per heavy atom. The molecular formula is C16H20ClF2N3. The van der Waals surface area contributed by atoms with Gasteiger partial charge in [0, 0.05) is 29.4 Å². The van der Waals surface area contributed by atoms with Crippen molar-refractivity contribution in [1.29, 1.82) is 0 Å². The van der Waals surface area contributed by atoms with E-state index in [9.17, 15) is 8.78 Å². The number of hydrogen-bond donors (Lipinski definition) is 1. The van der Waals surface area contributed by atoms with E-state index in [1.807, 2.05) is 31.6 Å². The number of halogens is 3. The van der Waals surface area contributed by atoms with Crippen LogP contribution in [0.4, 0.5) is 8.78 Å². The molecule has 0 spiro atoms. The summed E-state index contributed by atoms with van der Waals surface area (Å²) in [4.78, 5) is 0. The molecule has 0 saturated heterocycles. The Bertz CT molecular complexity index is 626. The molecule has 0 amide bonds. The Kier molecular flexibility index (Phi) is 5.53. The van der Waals surface area contributed by atoms with Gasteiger partial charge in [-0.2, -0.15) is 5.10 Å². The van der Waals surface area contributed by atoms with Gasteiger partial charge in [-0.3, -0.25) is 4.68 Å². The molecular weight excluding hydrogens is 308 g/mol. The van der Waals surface area contributed by atoms with Crippen molar-refractivity contribution in [2.45, 2.75) is 45.8 Å². The molecule has 0 aliphatic carbocycles. The normalized spacial score (nSPS) is 13.1. The van der Waals surface area contributed by atoms with Crippen molar-refractivity contribution >= 4 is 11.6 Å². The van der Waals surface area contributed by atoms with Crippen molar-refractivity contribution in [1.82, 2.24) is 15.1 Å². The van der Waals surface area contributed by atoms with Crippen molar-refractivity contribution in [3.8, 4) is 0 Å². The van der Waals surface area contributed by atoms with Gasteiger partial charge in [-0.15, -0.1) is 0 Å². The van der Waals surface area contributed by atoms with Crippen LogP contribution in [0.15, 0.2) is 30.5 Å². The van der Waals surface area contributed by atoms with E-state index >= 15 is 0 Å². The van der Waals surface area contributed by atoms with Crippen molar-refractivity contribution in [2.24, 2.45) is 0 Å². The minimum Gasteiger partial charge on any atom is -0.301 e. The maximum atomic E-state index is 13.3. The number of nitrogens with zero attached hydrogens (tertiary/aromatic N) is 2. The molecule has 1 aromatic carbocycles. The summed E-state index contributed by atoms with van der Waals surface area (Å²) in [6, 6.07) is 5.75. The lowest BCUT2D eigenvalue weighted by Gasteiger charge is -2.18. The number of rotatable bonds is 6. The molecule has 0 aliphatic heterocycles. The van der Waals surface area contributed by atoms with Gasteiger partial charge in [-0.25, -0.2) is 8.78 Å². The summed E-state index contributed by atoms with van der Waals surface area (Å²) in [7, 11) is 0. The van der Waals surface area contributed by atoms with E-state index in [1.165, 1.54) is 0 Å². The van der Waals surface area contributed by atoms with Gasteiger partial charge in [0.1, 0.15) is 0 Å². The molecule has 0 fully saturated rings. The third-order valence-electron chi connectivity index (χ3n) is 3.52. The standard InChI is InChI=1S/C16H20ClF2N3/c1-10(2)22-9-13(11(3)21-22)8-20-15(16(18)19)12-5-4-6-14(17)7-12/h4-7,9-10,15-16,20H,8H2,1-3H3. The smallest absolute Gasteiger partial charge is 0.257 e. The number of benzene rings is 1. The van der Waals surface area contributed by atoms with Gasteiger partial charge < -0.3 is 5.32 Å². The Balaban J connectivity index is 2.13. The lowest BCUT2D eigenvalue weighted by Crippen LogP contribution is -2.27. The molecule has 0 aliphatic rings. The van der Waals surface area contributed by atoms with Crippen LogP contribution in [0.5, 0.6) is 0 Å². The summed E-state index contributed by atoms with van der Waals surface area (Å²) in [6.07, 6.45) is -0.619. The van der Waals surface area contributed by atoms with Gasteiger partial charge in [0.05, 0.1) is 11.7 Å². The minimum atomic E-state index is -2.51. The molecule has 0 radical (unpaired) electrons. The van der Waals surface area contributed by atoms with Crippen LogP contribution in [-0.2, 0) is 6.54 Å². The summed E-state index contributed by atoms with van der Waals surface area (Å²) in [5.41, 5.74) is 2.25. The topological polar surface area (TPSA) is 29.9 Å². The molecule has 1 N–H and O–H groups in total. The SMILES string of the molecule is Cc1nn(C(C)C)cc1CNC(c1cccc(Cl)c1)C(F)F. The van der Waals surface area contributed by atoms with Crippen molar-refractivity contribution in [3.05, 3.63) is 52.3 Å². The third-order valence-corrected chi connectivity index (χ3v) is 3.75. The van der Waals surface area contributed by atoms with Crippen LogP contribution in [-0.4, -0.2) is 16.2 Å². The van der Waals surface area contributed by atoms with Crippen molar-refractivity contribution in [2.75, 3.05) is 0 Å². The van der Waals surface area contributed by atoms with Gasteiger partial charge in [-0.1, -0.05) is 23.7 Å². The average molecular weight is 328 g/mol. The van der Waals surface area contributed by atoms with Crippen LogP contribution in [0.25, 0.3) is 0 Å². The summed E-state index contributed by atoms with van der Waals surface area (Å²) in [5.74, 6) is 0. The van der Waals surface area contributed by atoms with E-state index in [2.05, 4.69) is 10.4 Å². The summed E-state index contributed by atoms with van der Waals surface area (Å²) >= 11 is 5.89. The fraction of sp³-hybridized carbons (Fsp3) is 0.438. The number of aromatic nitrogens is 2. The highest BCUT2D eigenvalue weighted by Gasteiger charge is 2.22. The van der Waals surface area contributed by atoms with Gasteiger partial charge in [0.2, 0.25) is 0 Å². The van der Waals surface area contributed by atoms with Gasteiger partial charge in [0.15, 0.2) is 0 Å². The number of aryl methyl sites for hydroxylation is 1. The van der Waals surface area contributed by atoms with E-state index < -0.39 is 12.5 Å². The summed E-state index contributed by atoms with van der Waals surface area (Å²) < 4.78 is 28.5. The minimum absolute atomic E-state index is 0.242.